The van der Waals surface area contributed by atoms with Crippen molar-refractivity contribution in [3.63, 3.8) is 0 Å². The number of hydrogen-bond donors (Lipinski definition) is 6. The van der Waals surface area contributed by atoms with E-state index in [-0.39, 0.29) is 31.4 Å². The summed E-state index contributed by atoms with van der Waals surface area (Å²) in [5.41, 5.74) is 12.1. The Balaban J connectivity index is 2.17. The van der Waals surface area contributed by atoms with E-state index in [1.165, 1.54) is 30.4 Å². The minimum absolute atomic E-state index is 0.0889. The Hall–Kier alpha value is -3.44. The van der Waals surface area contributed by atoms with Gasteiger partial charge in [0.1, 0.15) is 12.0 Å². The van der Waals surface area contributed by atoms with E-state index < -0.39 is 36.0 Å². The second-order valence-corrected chi connectivity index (χ2v) is 7.29. The average molecular weight is 432 g/mol. The number of amides is 3. The lowest BCUT2D eigenvalue weighted by atomic mass is 10.0. The molecule has 0 saturated heterocycles. The molecule has 0 aliphatic carbocycles. The number of nitrogens with two attached hydrogens (primary N) is 2. The summed E-state index contributed by atoms with van der Waals surface area (Å²) in [5, 5.41) is 23.1. The minimum Gasteiger partial charge on any atom is -0.508 e. The molecule has 11 heteroatoms. The van der Waals surface area contributed by atoms with E-state index in [4.69, 9.17) is 11.5 Å². The molecule has 0 bridgehead atoms. The summed E-state index contributed by atoms with van der Waals surface area (Å²) in [6.45, 7) is 0. The molecule has 1 aromatic heterocycles. The fraction of sp³-hybridized carbons (Fsp3) is 0.400. The number of H-pyrrole nitrogens is 1. The highest BCUT2D eigenvalue weighted by atomic mass is 16.3. The predicted molar refractivity (Wildman–Crippen MR) is 111 cm³/mol. The first-order chi connectivity index (χ1) is 14.7. The number of phenols is 1. The largest absolute Gasteiger partial charge is 0.508 e. The quantitative estimate of drug-likeness (QED) is 0.226. The fourth-order valence-corrected chi connectivity index (χ4v) is 3.15. The first kappa shape index (κ1) is 23.8. The second kappa shape index (κ2) is 11.1. The van der Waals surface area contributed by atoms with Crippen LogP contribution < -0.4 is 16.8 Å². The van der Waals surface area contributed by atoms with Crippen molar-refractivity contribution in [2.45, 2.75) is 44.0 Å². The predicted octanol–water partition coefficient (Wildman–Crippen LogP) is -1.25. The highest BCUT2D eigenvalue weighted by Gasteiger charge is 2.32. The maximum atomic E-state index is 12.3. The van der Waals surface area contributed by atoms with Gasteiger partial charge in [-0.25, -0.2) is 4.98 Å². The number of hydrogen-bond acceptors (Lipinski definition) is 7. The van der Waals surface area contributed by atoms with Gasteiger partial charge < -0.3 is 32.0 Å². The van der Waals surface area contributed by atoms with Gasteiger partial charge in [0.2, 0.25) is 17.7 Å². The SMILES string of the molecule is CN(C(O)[C@H](Cc1cnc[nH]1)NC(=O)CCC(N)=O)[C@H](Cc1ccc(O)cc1)C(N)=O. The Kier molecular flexibility index (Phi) is 8.53. The van der Waals surface area contributed by atoms with Crippen LogP contribution in [0.3, 0.4) is 0 Å². The Morgan fingerprint density at radius 3 is 2.39 bits per heavy atom. The van der Waals surface area contributed by atoms with Crippen molar-refractivity contribution in [1.29, 1.82) is 0 Å². The molecule has 1 aromatic carbocycles. The van der Waals surface area contributed by atoms with Crippen LogP contribution in [0.4, 0.5) is 0 Å². The van der Waals surface area contributed by atoms with Crippen LogP contribution in [0.5, 0.6) is 5.75 Å². The standard InChI is InChI=1S/C20H28N6O5/c1-26(16(19(22)30)8-12-2-4-14(27)5-3-12)20(31)15(9-13-10-23-11-24-13)25-18(29)7-6-17(21)28/h2-5,10-11,15-16,20,27,31H,6-9H2,1H3,(H2,21,28)(H2,22,30)(H,23,24)(H,25,29)/t15-,16+,20?/m0/s1. The maximum Gasteiger partial charge on any atom is 0.235 e. The molecule has 0 fully saturated rings. The lowest BCUT2D eigenvalue weighted by Crippen LogP contribution is -2.57. The number of likely N-dealkylation sites (N-methyl/N-ethyl adjacent to an activating group) is 1. The molecule has 8 N–H and O–H groups in total. The van der Waals surface area contributed by atoms with Crippen molar-refractivity contribution in [2.24, 2.45) is 11.5 Å². The summed E-state index contributed by atoms with van der Waals surface area (Å²) in [6, 6.07) is 4.57. The lowest BCUT2D eigenvalue weighted by molar-refractivity contribution is -0.131. The molecule has 0 spiro atoms. The zero-order chi connectivity index (χ0) is 23.0. The molecule has 168 valence electrons. The molecular weight excluding hydrogens is 404 g/mol. The van der Waals surface area contributed by atoms with E-state index in [1.807, 2.05) is 0 Å². The van der Waals surface area contributed by atoms with Crippen LogP contribution in [0.1, 0.15) is 24.1 Å². The smallest absolute Gasteiger partial charge is 0.235 e. The van der Waals surface area contributed by atoms with Gasteiger partial charge in [-0.3, -0.25) is 19.3 Å². The molecule has 1 unspecified atom stereocenters. The number of phenolic OH excluding ortho intramolecular Hbond substituents is 1. The summed E-state index contributed by atoms with van der Waals surface area (Å²) in [5.74, 6) is -1.65. The zero-order valence-corrected chi connectivity index (χ0v) is 17.2. The molecule has 31 heavy (non-hydrogen) atoms. The number of primary amides is 2. The number of nitrogens with zero attached hydrogens (tertiary/aromatic N) is 2. The normalized spacial score (nSPS) is 14.0. The molecule has 11 nitrogen and oxygen atoms in total. The van der Waals surface area contributed by atoms with Crippen molar-refractivity contribution in [2.75, 3.05) is 7.05 Å². The zero-order valence-electron chi connectivity index (χ0n) is 17.2. The van der Waals surface area contributed by atoms with Crippen LogP contribution in [0, 0.1) is 0 Å². The number of aliphatic hydroxyl groups is 1. The van der Waals surface area contributed by atoms with Crippen LogP contribution in [0.2, 0.25) is 0 Å². The van der Waals surface area contributed by atoms with Gasteiger partial charge in [-0.05, 0) is 31.2 Å². The molecule has 3 atom stereocenters. The van der Waals surface area contributed by atoms with Gasteiger partial charge in [-0.15, -0.1) is 0 Å². The number of nitrogens with one attached hydrogen (secondary N) is 2. The number of aromatic hydroxyl groups is 1. The monoisotopic (exact) mass is 432 g/mol. The molecule has 0 radical (unpaired) electrons. The number of rotatable bonds is 12. The van der Waals surface area contributed by atoms with Crippen LogP contribution in [0.15, 0.2) is 36.8 Å². The van der Waals surface area contributed by atoms with Gasteiger partial charge in [0, 0.05) is 31.2 Å². The molecule has 0 aliphatic heterocycles. The van der Waals surface area contributed by atoms with Gasteiger partial charge >= 0.3 is 0 Å². The van der Waals surface area contributed by atoms with Crippen molar-refractivity contribution < 1.29 is 24.6 Å². The Labute approximate surface area is 179 Å². The number of carbonyl (C=O) groups is 3. The van der Waals surface area contributed by atoms with Crippen molar-refractivity contribution >= 4 is 17.7 Å². The second-order valence-electron chi connectivity index (χ2n) is 7.29. The van der Waals surface area contributed by atoms with Crippen LogP contribution in [-0.2, 0) is 27.2 Å². The third-order valence-electron chi connectivity index (χ3n) is 4.90. The lowest BCUT2D eigenvalue weighted by Gasteiger charge is -2.35. The number of carbonyl (C=O) groups excluding carboxylic acids is 3. The van der Waals surface area contributed by atoms with Gasteiger partial charge in [-0.1, -0.05) is 12.1 Å². The van der Waals surface area contributed by atoms with E-state index in [9.17, 15) is 24.6 Å². The van der Waals surface area contributed by atoms with E-state index in [1.54, 1.807) is 18.3 Å². The van der Waals surface area contributed by atoms with Crippen molar-refractivity contribution in [3.05, 3.63) is 48.0 Å². The third kappa shape index (κ3) is 7.39. The number of aromatic amines is 1. The number of imidazole rings is 1. The molecule has 2 aromatic rings. The minimum atomic E-state index is -1.28. The average Bonchev–Trinajstić information content (AvgIpc) is 3.23. The Bertz CT molecular complexity index is 871. The summed E-state index contributed by atoms with van der Waals surface area (Å²) in [7, 11) is 1.52. The summed E-state index contributed by atoms with van der Waals surface area (Å²) >= 11 is 0. The van der Waals surface area contributed by atoms with Crippen LogP contribution in [0.25, 0.3) is 0 Å². The number of aliphatic hydroxyl groups excluding tert-OH is 1. The van der Waals surface area contributed by atoms with Crippen LogP contribution >= 0.6 is 0 Å². The summed E-state index contributed by atoms with van der Waals surface area (Å²) < 4.78 is 0. The topological polar surface area (TPSA) is 188 Å². The Morgan fingerprint density at radius 2 is 1.84 bits per heavy atom. The Morgan fingerprint density at radius 1 is 1.16 bits per heavy atom. The molecular formula is C20H28N6O5. The van der Waals surface area contributed by atoms with E-state index in [0.29, 0.717) is 5.69 Å². The van der Waals surface area contributed by atoms with E-state index in [0.717, 1.165) is 5.56 Å². The number of benzene rings is 1. The van der Waals surface area contributed by atoms with Crippen molar-refractivity contribution in [3.8, 4) is 5.75 Å². The highest BCUT2D eigenvalue weighted by Crippen LogP contribution is 2.16. The molecule has 0 saturated carbocycles. The maximum absolute atomic E-state index is 12.3. The number of aromatic nitrogens is 2. The van der Waals surface area contributed by atoms with Gasteiger partial charge in [0.15, 0.2) is 0 Å². The van der Waals surface area contributed by atoms with E-state index in [2.05, 4.69) is 15.3 Å². The molecule has 0 aliphatic rings. The van der Waals surface area contributed by atoms with Crippen LogP contribution in [-0.4, -0.2) is 68.2 Å². The van der Waals surface area contributed by atoms with Crippen molar-refractivity contribution in [1.82, 2.24) is 20.2 Å². The molecule has 1 heterocycles. The first-order valence-corrected chi connectivity index (χ1v) is 9.69. The molecule has 2 rings (SSSR count). The first-order valence-electron chi connectivity index (χ1n) is 9.69. The highest BCUT2D eigenvalue weighted by molar-refractivity contribution is 5.83. The summed E-state index contributed by atoms with van der Waals surface area (Å²) in [6.07, 6.45) is 1.87. The van der Waals surface area contributed by atoms with Gasteiger partial charge in [0.05, 0.1) is 18.4 Å². The summed E-state index contributed by atoms with van der Waals surface area (Å²) in [4.78, 5) is 43.5. The van der Waals surface area contributed by atoms with E-state index >= 15 is 0 Å². The van der Waals surface area contributed by atoms with Gasteiger partial charge in [-0.2, -0.15) is 0 Å². The third-order valence-corrected chi connectivity index (χ3v) is 4.90. The molecule has 3 amide bonds. The fourth-order valence-electron chi connectivity index (χ4n) is 3.15. The van der Waals surface area contributed by atoms with Gasteiger partial charge in [0.25, 0.3) is 0 Å².